The van der Waals surface area contributed by atoms with Crippen molar-refractivity contribution >= 4 is 10.0 Å². The van der Waals surface area contributed by atoms with E-state index in [0.717, 1.165) is 6.54 Å². The van der Waals surface area contributed by atoms with Crippen LogP contribution in [-0.4, -0.2) is 26.8 Å². The monoisotopic (exact) mass is 272 g/mol. The van der Waals surface area contributed by atoms with Crippen LogP contribution in [0.4, 0.5) is 0 Å². The van der Waals surface area contributed by atoms with Gasteiger partial charge in [0.05, 0.1) is 18.1 Å². The van der Waals surface area contributed by atoms with Crippen LogP contribution in [-0.2, 0) is 10.0 Å². The Morgan fingerprint density at radius 3 is 2.89 bits per heavy atom. The van der Waals surface area contributed by atoms with Gasteiger partial charge in [0.15, 0.2) is 0 Å². The maximum atomic E-state index is 11.8. The normalized spacial score (nSPS) is 17.8. The van der Waals surface area contributed by atoms with Crippen molar-refractivity contribution in [1.82, 2.24) is 10.0 Å². The van der Waals surface area contributed by atoms with Gasteiger partial charge in [0.25, 0.3) is 0 Å². The second kappa shape index (κ2) is 5.86. The molecule has 2 rings (SSSR count). The van der Waals surface area contributed by atoms with Crippen molar-refractivity contribution in [3.63, 3.8) is 0 Å². The highest BCUT2D eigenvalue weighted by Gasteiger charge is 2.21. The Morgan fingerprint density at radius 2 is 2.28 bits per heavy atom. The number of furan rings is 1. The maximum absolute atomic E-state index is 11.8. The SMILES string of the molecule is CC(NS(=O)(=O)CCCNC1CC1)c1ccco1. The van der Waals surface area contributed by atoms with Crippen LogP contribution in [0.15, 0.2) is 22.8 Å². The van der Waals surface area contributed by atoms with Gasteiger partial charge in [-0.15, -0.1) is 0 Å². The lowest BCUT2D eigenvalue weighted by Crippen LogP contribution is -2.30. The molecule has 0 amide bonds. The van der Waals surface area contributed by atoms with E-state index in [1.807, 2.05) is 0 Å². The van der Waals surface area contributed by atoms with E-state index < -0.39 is 10.0 Å². The fraction of sp³-hybridized carbons (Fsp3) is 0.667. The van der Waals surface area contributed by atoms with Crippen LogP contribution in [0.25, 0.3) is 0 Å². The smallest absolute Gasteiger partial charge is 0.212 e. The molecule has 2 N–H and O–H groups in total. The van der Waals surface area contributed by atoms with Gasteiger partial charge in [-0.1, -0.05) is 0 Å². The molecule has 6 heteroatoms. The Bertz CT molecular complexity index is 452. The molecular formula is C12H20N2O3S. The highest BCUT2D eigenvalue weighted by molar-refractivity contribution is 7.89. The molecule has 0 radical (unpaired) electrons. The maximum Gasteiger partial charge on any atom is 0.212 e. The average molecular weight is 272 g/mol. The predicted molar refractivity (Wildman–Crippen MR) is 69.7 cm³/mol. The summed E-state index contributed by atoms with van der Waals surface area (Å²) >= 11 is 0. The van der Waals surface area contributed by atoms with Gasteiger partial charge >= 0.3 is 0 Å². The fourth-order valence-corrected chi connectivity index (χ4v) is 3.08. The average Bonchev–Trinajstić information content (AvgIpc) is 2.95. The quantitative estimate of drug-likeness (QED) is 0.702. The van der Waals surface area contributed by atoms with E-state index in [4.69, 9.17) is 4.42 Å². The summed E-state index contributed by atoms with van der Waals surface area (Å²) in [5.74, 6) is 0.785. The third-order valence-corrected chi connectivity index (χ3v) is 4.47. The van der Waals surface area contributed by atoms with Crippen molar-refractivity contribution in [3.05, 3.63) is 24.2 Å². The van der Waals surface area contributed by atoms with Gasteiger partial charge in [0, 0.05) is 6.04 Å². The fourth-order valence-electron chi connectivity index (χ4n) is 1.78. The molecule has 1 aromatic rings. The van der Waals surface area contributed by atoms with Crippen molar-refractivity contribution in [3.8, 4) is 0 Å². The molecule has 102 valence electrons. The zero-order valence-corrected chi connectivity index (χ0v) is 11.4. The molecule has 0 aliphatic heterocycles. The molecule has 1 aliphatic rings. The minimum absolute atomic E-state index is 0.151. The van der Waals surface area contributed by atoms with E-state index in [-0.39, 0.29) is 11.8 Å². The van der Waals surface area contributed by atoms with Crippen molar-refractivity contribution in [2.45, 2.75) is 38.3 Å². The predicted octanol–water partition coefficient (Wildman–Crippen LogP) is 1.40. The lowest BCUT2D eigenvalue weighted by atomic mass is 10.3. The third-order valence-electron chi connectivity index (χ3n) is 2.93. The highest BCUT2D eigenvalue weighted by Crippen LogP contribution is 2.18. The summed E-state index contributed by atoms with van der Waals surface area (Å²) < 4.78 is 31.4. The van der Waals surface area contributed by atoms with Crippen molar-refractivity contribution in [2.24, 2.45) is 0 Å². The number of hydrogen-bond acceptors (Lipinski definition) is 4. The first-order chi connectivity index (χ1) is 8.57. The minimum Gasteiger partial charge on any atom is -0.468 e. The first kappa shape index (κ1) is 13.6. The molecule has 1 fully saturated rings. The molecular weight excluding hydrogens is 252 g/mol. The molecule has 1 aliphatic carbocycles. The first-order valence-electron chi connectivity index (χ1n) is 6.33. The van der Waals surface area contributed by atoms with Crippen molar-refractivity contribution in [2.75, 3.05) is 12.3 Å². The van der Waals surface area contributed by atoms with Gasteiger partial charge in [-0.25, -0.2) is 13.1 Å². The summed E-state index contributed by atoms with van der Waals surface area (Å²) in [6.45, 7) is 2.54. The van der Waals surface area contributed by atoms with Gasteiger partial charge < -0.3 is 9.73 Å². The van der Waals surface area contributed by atoms with E-state index in [1.165, 1.54) is 12.8 Å². The number of nitrogens with one attached hydrogen (secondary N) is 2. The Kier molecular flexibility index (Phi) is 4.42. The summed E-state index contributed by atoms with van der Waals surface area (Å²) in [6.07, 6.45) is 4.62. The molecule has 0 bridgehead atoms. The van der Waals surface area contributed by atoms with Gasteiger partial charge in [0.1, 0.15) is 5.76 Å². The minimum atomic E-state index is -3.23. The van der Waals surface area contributed by atoms with Crippen molar-refractivity contribution < 1.29 is 12.8 Å². The lowest BCUT2D eigenvalue weighted by molar-refractivity contribution is 0.459. The number of rotatable bonds is 8. The van der Waals surface area contributed by atoms with Gasteiger partial charge in [0.2, 0.25) is 10.0 Å². The Hall–Kier alpha value is -0.850. The van der Waals surface area contributed by atoms with Gasteiger partial charge in [-0.05, 0) is 44.9 Å². The summed E-state index contributed by atoms with van der Waals surface area (Å²) in [7, 11) is -3.23. The molecule has 0 spiro atoms. The zero-order valence-electron chi connectivity index (χ0n) is 10.6. The summed E-state index contributed by atoms with van der Waals surface area (Å²) in [5.41, 5.74) is 0. The number of sulfonamides is 1. The molecule has 1 unspecified atom stereocenters. The standard InChI is InChI=1S/C12H20N2O3S/c1-10(12-4-2-8-17-12)14-18(15,16)9-3-7-13-11-5-6-11/h2,4,8,10-11,13-14H,3,5-7,9H2,1H3. The van der Waals surface area contributed by atoms with E-state index in [0.29, 0.717) is 18.2 Å². The Morgan fingerprint density at radius 1 is 1.50 bits per heavy atom. The highest BCUT2D eigenvalue weighted by atomic mass is 32.2. The molecule has 1 atom stereocenters. The lowest BCUT2D eigenvalue weighted by Gasteiger charge is -2.12. The van der Waals surface area contributed by atoms with Crippen LogP contribution in [0.5, 0.6) is 0 Å². The van der Waals surface area contributed by atoms with Gasteiger partial charge in [-0.3, -0.25) is 0 Å². The molecule has 1 aromatic heterocycles. The largest absolute Gasteiger partial charge is 0.468 e. The molecule has 18 heavy (non-hydrogen) atoms. The zero-order chi connectivity index (χ0) is 13.0. The third kappa shape index (κ3) is 4.44. The first-order valence-corrected chi connectivity index (χ1v) is 7.99. The van der Waals surface area contributed by atoms with E-state index in [9.17, 15) is 8.42 Å². The van der Waals surface area contributed by atoms with Gasteiger partial charge in [-0.2, -0.15) is 0 Å². The summed E-state index contributed by atoms with van der Waals surface area (Å²) in [4.78, 5) is 0. The summed E-state index contributed by atoms with van der Waals surface area (Å²) in [6, 6.07) is 3.82. The number of hydrogen-bond donors (Lipinski definition) is 2. The van der Waals surface area contributed by atoms with Crippen LogP contribution in [0.1, 0.15) is 38.0 Å². The molecule has 1 saturated carbocycles. The van der Waals surface area contributed by atoms with E-state index >= 15 is 0 Å². The topological polar surface area (TPSA) is 71.3 Å². The van der Waals surface area contributed by atoms with E-state index in [1.54, 1.807) is 25.3 Å². The molecule has 0 saturated heterocycles. The van der Waals surface area contributed by atoms with Crippen LogP contribution < -0.4 is 10.0 Å². The Balaban J connectivity index is 1.72. The van der Waals surface area contributed by atoms with Crippen LogP contribution in [0, 0.1) is 0 Å². The molecule has 0 aromatic carbocycles. The Labute approximate surface area is 108 Å². The van der Waals surface area contributed by atoms with Crippen LogP contribution in [0.3, 0.4) is 0 Å². The van der Waals surface area contributed by atoms with Crippen LogP contribution >= 0.6 is 0 Å². The molecule has 1 heterocycles. The van der Waals surface area contributed by atoms with Crippen LogP contribution in [0.2, 0.25) is 0 Å². The second-order valence-electron chi connectivity index (χ2n) is 4.76. The van der Waals surface area contributed by atoms with Crippen molar-refractivity contribution in [1.29, 1.82) is 0 Å². The van der Waals surface area contributed by atoms with E-state index in [2.05, 4.69) is 10.0 Å². The second-order valence-corrected chi connectivity index (χ2v) is 6.63. The summed E-state index contributed by atoms with van der Waals surface area (Å²) in [5, 5.41) is 3.30. The molecule has 5 nitrogen and oxygen atoms in total.